The predicted octanol–water partition coefficient (Wildman–Crippen LogP) is 6.28. The Hall–Kier alpha value is -7.88. The van der Waals surface area contributed by atoms with Gasteiger partial charge in [-0.2, -0.15) is 10.2 Å². The molecule has 16 nitrogen and oxygen atoms in total. The Kier molecular flexibility index (Phi) is 11.7. The summed E-state index contributed by atoms with van der Waals surface area (Å²) < 4.78 is 29.3. The highest BCUT2D eigenvalue weighted by atomic mass is 16.5. The summed E-state index contributed by atoms with van der Waals surface area (Å²) in [6, 6.07) is 25.1. The summed E-state index contributed by atoms with van der Waals surface area (Å²) in [5.41, 5.74) is 8.86. The Morgan fingerprint density at radius 2 is 1.02 bits per heavy atom. The minimum absolute atomic E-state index is 0.229. The number of benzene rings is 2. The number of carbonyl (C=O) groups is 2. The highest BCUT2D eigenvalue weighted by Crippen LogP contribution is 2.29. The standard InChI is InChI=1S/C22H20N4O4.C21H18N4O4/c1-28-19-9-8-17(24-21(19)29-2)12-16-13-18(25-26-11-10-23-20(16)26)14-4-6-15(7-5-14)22(27)30-3;1-28-18-8-7-16(23-20(18)29-2)11-15-12-17(24-25-10-9-22-19(15)25)13-3-5-14(6-4-13)21(26)27/h4-11,13H,12H2,1-3H3;3-10,12H,11H2,1-2H3,(H,26,27). The van der Waals surface area contributed by atoms with Gasteiger partial charge >= 0.3 is 11.9 Å². The highest BCUT2D eigenvalue weighted by Gasteiger charge is 2.15. The average Bonchev–Trinajstić information content (AvgIpc) is 3.97. The fourth-order valence-corrected chi connectivity index (χ4v) is 6.31. The molecule has 0 fully saturated rings. The number of nitrogens with zero attached hydrogens (tertiary/aromatic N) is 8. The van der Waals surface area contributed by atoms with E-state index >= 15 is 0 Å². The van der Waals surface area contributed by atoms with E-state index in [9.17, 15) is 9.59 Å². The maximum absolute atomic E-state index is 11.7. The molecule has 1 N–H and O–H groups in total. The van der Waals surface area contributed by atoms with Crippen LogP contribution in [-0.2, 0) is 17.6 Å². The Morgan fingerprint density at radius 1 is 0.576 bits per heavy atom. The van der Waals surface area contributed by atoms with E-state index in [4.69, 9.17) is 28.8 Å². The van der Waals surface area contributed by atoms with Crippen LogP contribution in [0.3, 0.4) is 0 Å². The molecule has 8 aromatic rings. The second-order valence-corrected chi connectivity index (χ2v) is 12.8. The van der Waals surface area contributed by atoms with Gasteiger partial charge in [0, 0.05) is 71.3 Å². The number of esters is 1. The Bertz CT molecular complexity index is 2770. The molecule has 8 rings (SSSR count). The zero-order valence-electron chi connectivity index (χ0n) is 32.7. The molecule has 0 amide bonds. The molecular weight excluding hydrogens is 757 g/mol. The smallest absolute Gasteiger partial charge is 0.337 e. The number of ether oxygens (including phenoxy) is 5. The summed E-state index contributed by atoms with van der Waals surface area (Å²) in [7, 11) is 7.61. The van der Waals surface area contributed by atoms with Crippen molar-refractivity contribution < 1.29 is 38.4 Å². The number of hydrogen-bond acceptors (Lipinski definition) is 13. The van der Waals surface area contributed by atoms with E-state index in [1.165, 1.54) is 7.11 Å². The molecule has 16 heteroatoms. The zero-order valence-corrected chi connectivity index (χ0v) is 32.7. The van der Waals surface area contributed by atoms with Crippen LogP contribution in [0.2, 0.25) is 0 Å². The van der Waals surface area contributed by atoms with Crippen molar-refractivity contribution in [3.8, 4) is 45.8 Å². The lowest BCUT2D eigenvalue weighted by atomic mass is 10.1. The first-order valence-corrected chi connectivity index (χ1v) is 18.1. The number of carboxylic acids is 1. The third kappa shape index (κ3) is 8.61. The molecule has 0 bridgehead atoms. The van der Waals surface area contributed by atoms with Gasteiger partial charge in [0.05, 0.1) is 58.1 Å². The van der Waals surface area contributed by atoms with E-state index < -0.39 is 5.97 Å². The summed E-state index contributed by atoms with van der Waals surface area (Å²) in [6.45, 7) is 0. The molecule has 59 heavy (non-hydrogen) atoms. The fraction of sp³-hybridized carbons (Fsp3) is 0.163. The van der Waals surface area contributed by atoms with Crippen molar-refractivity contribution in [2.24, 2.45) is 0 Å². The van der Waals surface area contributed by atoms with Gasteiger partial charge in [0.1, 0.15) is 0 Å². The summed E-state index contributed by atoms with van der Waals surface area (Å²) in [4.78, 5) is 40.6. The quantitative estimate of drug-likeness (QED) is 0.136. The molecule has 0 radical (unpaired) electrons. The van der Waals surface area contributed by atoms with Crippen molar-refractivity contribution in [2.45, 2.75) is 12.8 Å². The minimum atomic E-state index is -0.963. The van der Waals surface area contributed by atoms with Crippen LogP contribution in [-0.4, -0.2) is 91.8 Å². The predicted molar refractivity (Wildman–Crippen MR) is 215 cm³/mol. The Balaban J connectivity index is 0.000000179. The summed E-state index contributed by atoms with van der Waals surface area (Å²) in [5, 5.41) is 18.3. The van der Waals surface area contributed by atoms with Gasteiger partial charge in [-0.3, -0.25) is 0 Å². The van der Waals surface area contributed by atoms with Crippen LogP contribution in [0, 0.1) is 0 Å². The van der Waals surface area contributed by atoms with E-state index in [0.717, 1.165) is 50.6 Å². The first-order valence-electron chi connectivity index (χ1n) is 18.1. The normalized spacial score (nSPS) is 10.8. The number of fused-ring (bicyclic) bond motifs is 2. The lowest BCUT2D eigenvalue weighted by Gasteiger charge is -2.10. The largest absolute Gasteiger partial charge is 0.491 e. The molecule has 298 valence electrons. The molecule has 0 aliphatic carbocycles. The first-order chi connectivity index (χ1) is 28.7. The van der Waals surface area contributed by atoms with Gasteiger partial charge in [-0.1, -0.05) is 24.3 Å². The monoisotopic (exact) mass is 794 g/mol. The number of aromatic carboxylic acids is 1. The second kappa shape index (κ2) is 17.5. The second-order valence-electron chi connectivity index (χ2n) is 12.8. The molecule has 0 aliphatic rings. The fourth-order valence-electron chi connectivity index (χ4n) is 6.31. The van der Waals surface area contributed by atoms with Crippen molar-refractivity contribution in [1.82, 2.24) is 39.2 Å². The molecule has 0 atom stereocenters. The number of carboxylic acid groups (broad SMARTS) is 1. The number of aromatic nitrogens is 8. The maximum Gasteiger partial charge on any atom is 0.337 e. The van der Waals surface area contributed by atoms with Crippen LogP contribution in [0.25, 0.3) is 33.8 Å². The first kappa shape index (κ1) is 39.4. The number of methoxy groups -OCH3 is 5. The van der Waals surface area contributed by atoms with Crippen LogP contribution in [0.4, 0.5) is 0 Å². The molecule has 6 aromatic heterocycles. The van der Waals surface area contributed by atoms with E-state index in [2.05, 4.69) is 30.1 Å². The summed E-state index contributed by atoms with van der Waals surface area (Å²) in [6.07, 6.45) is 8.02. The molecule has 0 saturated heterocycles. The van der Waals surface area contributed by atoms with Crippen molar-refractivity contribution in [1.29, 1.82) is 0 Å². The molecule has 6 heterocycles. The zero-order chi connectivity index (χ0) is 41.5. The summed E-state index contributed by atoms with van der Waals surface area (Å²) in [5.74, 6) is 0.656. The van der Waals surface area contributed by atoms with Crippen LogP contribution in [0.5, 0.6) is 23.3 Å². The van der Waals surface area contributed by atoms with Gasteiger partial charge in [0.25, 0.3) is 11.8 Å². The topological polar surface area (TPSA) is 187 Å². The van der Waals surface area contributed by atoms with E-state index in [1.54, 1.807) is 98.7 Å². The van der Waals surface area contributed by atoms with Gasteiger partial charge < -0.3 is 28.8 Å². The van der Waals surface area contributed by atoms with Crippen molar-refractivity contribution in [3.05, 3.63) is 143 Å². The SMILES string of the molecule is COC(=O)c1ccc(-c2cc(Cc3ccc(OC)c(OC)n3)c3nccn3n2)cc1.COc1ccc(Cc2cc(-c3ccc(C(=O)O)cc3)nn3ccnc23)nc1OC. The molecule has 0 aliphatic heterocycles. The lowest BCUT2D eigenvalue weighted by molar-refractivity contribution is 0.0599. The highest BCUT2D eigenvalue weighted by molar-refractivity contribution is 5.90. The number of carbonyl (C=O) groups excluding carboxylic acids is 1. The van der Waals surface area contributed by atoms with E-state index in [0.29, 0.717) is 47.4 Å². The number of hydrogen-bond donors (Lipinski definition) is 1. The molecule has 0 saturated carbocycles. The lowest BCUT2D eigenvalue weighted by Crippen LogP contribution is -2.03. The average molecular weight is 795 g/mol. The molecule has 2 aromatic carbocycles. The van der Waals surface area contributed by atoms with Crippen LogP contribution < -0.4 is 18.9 Å². The van der Waals surface area contributed by atoms with Crippen molar-refractivity contribution >= 4 is 23.2 Å². The number of imidazole rings is 2. The number of pyridine rings is 2. The molecular formula is C43H38N8O8. The van der Waals surface area contributed by atoms with E-state index in [-0.39, 0.29) is 11.5 Å². The van der Waals surface area contributed by atoms with Gasteiger partial charge in [-0.05, 0) is 60.7 Å². The molecule has 0 unspecified atom stereocenters. The number of rotatable bonds is 12. The third-order valence-electron chi connectivity index (χ3n) is 9.24. The van der Waals surface area contributed by atoms with Crippen LogP contribution in [0.1, 0.15) is 43.2 Å². The molecule has 0 spiro atoms. The third-order valence-corrected chi connectivity index (χ3v) is 9.24. The van der Waals surface area contributed by atoms with Crippen LogP contribution >= 0.6 is 0 Å². The van der Waals surface area contributed by atoms with Gasteiger partial charge in [-0.25, -0.2) is 38.6 Å². The van der Waals surface area contributed by atoms with Gasteiger partial charge in [-0.15, -0.1) is 0 Å². The Morgan fingerprint density at radius 3 is 1.41 bits per heavy atom. The Labute approximate surface area is 337 Å². The maximum atomic E-state index is 11.7. The minimum Gasteiger partial charge on any atom is -0.491 e. The van der Waals surface area contributed by atoms with Gasteiger partial charge in [0.15, 0.2) is 22.8 Å². The van der Waals surface area contributed by atoms with Crippen LogP contribution in [0.15, 0.2) is 110 Å². The summed E-state index contributed by atoms with van der Waals surface area (Å²) >= 11 is 0. The van der Waals surface area contributed by atoms with Gasteiger partial charge in [0.2, 0.25) is 0 Å². The van der Waals surface area contributed by atoms with Crippen molar-refractivity contribution in [3.63, 3.8) is 0 Å². The van der Waals surface area contributed by atoms with E-state index in [1.807, 2.05) is 48.5 Å². The van der Waals surface area contributed by atoms with Crippen molar-refractivity contribution in [2.75, 3.05) is 35.5 Å².